The van der Waals surface area contributed by atoms with E-state index in [1.807, 2.05) is 0 Å². The molecule has 19 heavy (non-hydrogen) atoms. The van der Waals surface area contributed by atoms with Gasteiger partial charge < -0.3 is 25.6 Å². The van der Waals surface area contributed by atoms with Crippen LogP contribution in [0.25, 0.3) is 0 Å². The molecule has 0 radical (unpaired) electrons. The first-order valence-electron chi connectivity index (χ1n) is 6.26. The molecule has 0 spiro atoms. The minimum atomic E-state index is -1.10. The molecular weight excluding hydrogens is 252 g/mol. The van der Waals surface area contributed by atoms with E-state index in [9.17, 15) is 14.7 Å². The Bertz CT molecular complexity index is 402. The van der Waals surface area contributed by atoms with Gasteiger partial charge in [-0.1, -0.05) is 0 Å². The fourth-order valence-corrected chi connectivity index (χ4v) is 2.33. The summed E-state index contributed by atoms with van der Waals surface area (Å²) in [5.74, 6) is -1.26. The highest BCUT2D eigenvalue weighted by Gasteiger charge is 2.51. The van der Waals surface area contributed by atoms with Crippen LogP contribution in [-0.4, -0.2) is 55.5 Å². The van der Waals surface area contributed by atoms with Crippen LogP contribution in [0, 0.1) is 10.8 Å². The molecule has 108 valence electrons. The SMILES string of the molecule is CC1(C(=O)NC2COCC2(C)C(=O)O)COCC1N. The number of amides is 1. The third kappa shape index (κ3) is 2.22. The van der Waals surface area contributed by atoms with Crippen molar-refractivity contribution < 1.29 is 24.2 Å². The van der Waals surface area contributed by atoms with Crippen molar-refractivity contribution in [2.75, 3.05) is 26.4 Å². The molecule has 7 nitrogen and oxygen atoms in total. The Hall–Kier alpha value is -1.18. The van der Waals surface area contributed by atoms with Gasteiger partial charge in [0, 0.05) is 6.04 Å². The number of nitrogens with one attached hydrogen (secondary N) is 1. The second-order valence-corrected chi connectivity index (χ2v) is 5.80. The number of nitrogens with two attached hydrogens (primary N) is 1. The molecule has 4 atom stereocenters. The average Bonchev–Trinajstić information content (AvgIpc) is 2.87. The maximum absolute atomic E-state index is 12.3. The Balaban J connectivity index is 2.09. The number of carboxylic acids is 1. The number of rotatable bonds is 3. The summed E-state index contributed by atoms with van der Waals surface area (Å²) in [5, 5.41) is 12.0. The summed E-state index contributed by atoms with van der Waals surface area (Å²) in [6.45, 7) is 4.17. The summed E-state index contributed by atoms with van der Waals surface area (Å²) in [5.41, 5.74) is 3.96. The molecule has 1 amide bonds. The Morgan fingerprint density at radius 3 is 2.32 bits per heavy atom. The van der Waals surface area contributed by atoms with E-state index in [0.29, 0.717) is 6.61 Å². The second kappa shape index (κ2) is 4.73. The lowest BCUT2D eigenvalue weighted by Crippen LogP contribution is -2.57. The Morgan fingerprint density at radius 1 is 1.21 bits per heavy atom. The average molecular weight is 272 g/mol. The lowest BCUT2D eigenvalue weighted by atomic mass is 9.81. The molecule has 2 heterocycles. The zero-order valence-corrected chi connectivity index (χ0v) is 11.1. The van der Waals surface area contributed by atoms with E-state index in [4.69, 9.17) is 15.2 Å². The van der Waals surface area contributed by atoms with Gasteiger partial charge in [0.1, 0.15) is 5.41 Å². The number of carbonyl (C=O) groups excluding carboxylic acids is 1. The number of hydrogen-bond donors (Lipinski definition) is 3. The molecule has 0 aliphatic carbocycles. The molecule has 2 fully saturated rings. The van der Waals surface area contributed by atoms with Gasteiger partial charge in [-0.3, -0.25) is 9.59 Å². The molecule has 2 saturated heterocycles. The van der Waals surface area contributed by atoms with Gasteiger partial charge in [-0.05, 0) is 13.8 Å². The maximum Gasteiger partial charge on any atom is 0.313 e. The van der Waals surface area contributed by atoms with Gasteiger partial charge in [0.15, 0.2) is 0 Å². The van der Waals surface area contributed by atoms with Crippen molar-refractivity contribution in [2.45, 2.75) is 25.9 Å². The minimum Gasteiger partial charge on any atom is -0.481 e. The number of hydrogen-bond acceptors (Lipinski definition) is 5. The molecule has 0 saturated carbocycles. The van der Waals surface area contributed by atoms with Crippen molar-refractivity contribution in [3.8, 4) is 0 Å². The van der Waals surface area contributed by atoms with E-state index >= 15 is 0 Å². The number of ether oxygens (including phenoxy) is 2. The van der Waals surface area contributed by atoms with Gasteiger partial charge in [-0.2, -0.15) is 0 Å². The normalized spacial score (nSPS) is 42.3. The summed E-state index contributed by atoms with van der Waals surface area (Å²) in [4.78, 5) is 23.6. The first kappa shape index (κ1) is 14.2. The van der Waals surface area contributed by atoms with Crippen LogP contribution in [-0.2, 0) is 19.1 Å². The van der Waals surface area contributed by atoms with Crippen molar-refractivity contribution in [1.29, 1.82) is 0 Å². The van der Waals surface area contributed by atoms with E-state index in [0.717, 1.165) is 0 Å². The second-order valence-electron chi connectivity index (χ2n) is 5.80. The zero-order chi connectivity index (χ0) is 14.3. The lowest BCUT2D eigenvalue weighted by Gasteiger charge is -2.31. The molecule has 0 bridgehead atoms. The highest BCUT2D eigenvalue weighted by Crippen LogP contribution is 2.32. The van der Waals surface area contributed by atoms with Crippen LogP contribution in [0.4, 0.5) is 0 Å². The predicted molar refractivity (Wildman–Crippen MR) is 65.4 cm³/mol. The number of carboxylic acid groups (broad SMARTS) is 1. The molecule has 0 aromatic rings. The van der Waals surface area contributed by atoms with Crippen LogP contribution in [0.3, 0.4) is 0 Å². The zero-order valence-electron chi connectivity index (χ0n) is 11.1. The standard InChI is InChI=1S/C12H20N2O5/c1-11(5-18-3-7(11)13)9(15)14-8-4-19-6-12(8,2)10(16)17/h7-8H,3-6,13H2,1-2H3,(H,14,15)(H,16,17). The molecule has 2 aliphatic rings. The molecule has 2 aliphatic heterocycles. The maximum atomic E-state index is 12.3. The highest BCUT2D eigenvalue weighted by atomic mass is 16.5. The van der Waals surface area contributed by atoms with E-state index in [1.54, 1.807) is 13.8 Å². The van der Waals surface area contributed by atoms with E-state index in [1.165, 1.54) is 0 Å². The summed E-state index contributed by atoms with van der Waals surface area (Å²) < 4.78 is 10.4. The molecule has 4 unspecified atom stereocenters. The van der Waals surface area contributed by atoms with Gasteiger partial charge >= 0.3 is 5.97 Å². The first-order chi connectivity index (χ1) is 8.80. The largest absolute Gasteiger partial charge is 0.481 e. The number of carbonyl (C=O) groups is 2. The van der Waals surface area contributed by atoms with E-state index in [-0.39, 0.29) is 31.8 Å². The third-order valence-corrected chi connectivity index (χ3v) is 4.29. The van der Waals surface area contributed by atoms with Gasteiger partial charge in [0.2, 0.25) is 5.91 Å². The van der Waals surface area contributed by atoms with E-state index in [2.05, 4.69) is 5.32 Å². The Labute approximate surface area is 111 Å². The summed E-state index contributed by atoms with van der Waals surface area (Å²) in [7, 11) is 0. The summed E-state index contributed by atoms with van der Waals surface area (Å²) in [6, 6.07) is -0.937. The van der Waals surface area contributed by atoms with Gasteiger partial charge in [-0.25, -0.2) is 0 Å². The van der Waals surface area contributed by atoms with Gasteiger partial charge in [0.05, 0.1) is 37.9 Å². The molecule has 4 N–H and O–H groups in total. The molecule has 7 heteroatoms. The van der Waals surface area contributed by atoms with Crippen LogP contribution >= 0.6 is 0 Å². The Morgan fingerprint density at radius 2 is 1.79 bits per heavy atom. The van der Waals surface area contributed by atoms with Crippen LogP contribution in [0.2, 0.25) is 0 Å². The topological polar surface area (TPSA) is 111 Å². The number of aliphatic carboxylic acids is 1. The molecular formula is C12H20N2O5. The minimum absolute atomic E-state index is 0.0898. The Kier molecular flexibility index (Phi) is 3.55. The summed E-state index contributed by atoms with van der Waals surface area (Å²) >= 11 is 0. The highest BCUT2D eigenvalue weighted by molar-refractivity contribution is 5.85. The summed E-state index contributed by atoms with van der Waals surface area (Å²) in [6.07, 6.45) is 0. The fraction of sp³-hybridized carbons (Fsp3) is 0.833. The van der Waals surface area contributed by atoms with Crippen LogP contribution in [0.5, 0.6) is 0 Å². The van der Waals surface area contributed by atoms with Gasteiger partial charge in [0.25, 0.3) is 0 Å². The van der Waals surface area contributed by atoms with Crippen molar-refractivity contribution in [2.24, 2.45) is 16.6 Å². The smallest absolute Gasteiger partial charge is 0.313 e. The molecule has 0 aromatic heterocycles. The van der Waals surface area contributed by atoms with E-state index < -0.39 is 22.8 Å². The molecule has 0 aromatic carbocycles. The fourth-order valence-electron chi connectivity index (χ4n) is 2.33. The van der Waals surface area contributed by atoms with Crippen molar-refractivity contribution in [3.63, 3.8) is 0 Å². The third-order valence-electron chi connectivity index (χ3n) is 4.29. The van der Waals surface area contributed by atoms with Crippen molar-refractivity contribution in [1.82, 2.24) is 5.32 Å². The molecule has 2 rings (SSSR count). The van der Waals surface area contributed by atoms with Crippen LogP contribution < -0.4 is 11.1 Å². The van der Waals surface area contributed by atoms with Crippen molar-refractivity contribution >= 4 is 11.9 Å². The van der Waals surface area contributed by atoms with Crippen molar-refractivity contribution in [3.05, 3.63) is 0 Å². The first-order valence-corrected chi connectivity index (χ1v) is 6.26. The van der Waals surface area contributed by atoms with Gasteiger partial charge in [-0.15, -0.1) is 0 Å². The quantitative estimate of drug-likeness (QED) is 0.605. The lowest BCUT2D eigenvalue weighted by molar-refractivity contribution is -0.149. The monoisotopic (exact) mass is 272 g/mol. The predicted octanol–water partition coefficient (Wildman–Crippen LogP) is -1.04. The van der Waals surface area contributed by atoms with Crippen LogP contribution in [0.1, 0.15) is 13.8 Å². The van der Waals surface area contributed by atoms with Crippen LogP contribution in [0.15, 0.2) is 0 Å².